The largest absolute Gasteiger partial charge is 0.457 e. The topological polar surface area (TPSA) is 33.5 Å². The number of carbonyl (C=O) groups is 1. The van der Waals surface area contributed by atoms with Crippen molar-refractivity contribution in [2.24, 2.45) is 0 Å². The zero-order valence-electron chi connectivity index (χ0n) is 7.12. The normalized spacial score (nSPS) is 18.4. The summed E-state index contributed by atoms with van der Waals surface area (Å²) in [5.41, 5.74) is 1.11. The molecule has 0 aromatic carbocycles. The number of carbonyl (C=O) groups excluding carboxylic acids is 1. The Kier molecular flexibility index (Phi) is 2.51. The Labute approximate surface area is 84.8 Å². The highest BCUT2D eigenvalue weighted by atomic mass is 79.9. The minimum atomic E-state index is 0.336. The maximum Gasteiger partial charge on any atom is 0.169 e. The lowest BCUT2D eigenvalue weighted by Crippen LogP contribution is -2.19. The van der Waals surface area contributed by atoms with E-state index in [2.05, 4.69) is 20.8 Å². The lowest BCUT2D eigenvalue weighted by atomic mass is 10.3. The zero-order valence-corrected chi connectivity index (χ0v) is 8.71. The minimum absolute atomic E-state index is 0.336. The number of furan rings is 1. The van der Waals surface area contributed by atoms with Gasteiger partial charge < -0.3 is 4.42 Å². The first-order chi connectivity index (χ1) is 6.24. The van der Waals surface area contributed by atoms with Crippen molar-refractivity contribution < 1.29 is 9.21 Å². The van der Waals surface area contributed by atoms with Crippen LogP contribution < -0.4 is 0 Å². The first-order valence-corrected chi connectivity index (χ1v) is 5.00. The molecule has 0 saturated carbocycles. The van der Waals surface area contributed by atoms with Gasteiger partial charge in [0.25, 0.3) is 0 Å². The molecule has 13 heavy (non-hydrogen) atoms. The van der Waals surface area contributed by atoms with Crippen LogP contribution in [0.2, 0.25) is 0 Å². The van der Waals surface area contributed by atoms with Gasteiger partial charge >= 0.3 is 0 Å². The Morgan fingerprint density at radius 1 is 1.62 bits per heavy atom. The molecule has 70 valence electrons. The molecule has 1 aliphatic heterocycles. The summed E-state index contributed by atoms with van der Waals surface area (Å²) in [5.74, 6) is 0.336. The summed E-state index contributed by atoms with van der Waals surface area (Å²) in [6.45, 7) is 2.27. The summed E-state index contributed by atoms with van der Waals surface area (Å²) in [6, 6.07) is 1.93. The Morgan fingerprint density at radius 3 is 3.00 bits per heavy atom. The van der Waals surface area contributed by atoms with Gasteiger partial charge in [0.2, 0.25) is 0 Å². The third-order valence-corrected chi connectivity index (χ3v) is 2.55. The molecule has 2 rings (SSSR count). The Balaban J connectivity index is 1.95. The first kappa shape index (κ1) is 8.97. The van der Waals surface area contributed by atoms with Crippen LogP contribution >= 0.6 is 15.9 Å². The van der Waals surface area contributed by atoms with Gasteiger partial charge in [-0.05, 0) is 22.0 Å². The molecule has 1 fully saturated rings. The third kappa shape index (κ3) is 2.19. The summed E-state index contributed by atoms with van der Waals surface area (Å²) in [7, 11) is 0. The van der Waals surface area contributed by atoms with Crippen LogP contribution in [0.4, 0.5) is 0 Å². The highest BCUT2D eigenvalue weighted by molar-refractivity contribution is 9.10. The van der Waals surface area contributed by atoms with Crippen molar-refractivity contribution in [1.82, 2.24) is 4.90 Å². The van der Waals surface area contributed by atoms with Gasteiger partial charge in [0.05, 0.1) is 12.8 Å². The van der Waals surface area contributed by atoms with Gasteiger partial charge in [-0.15, -0.1) is 0 Å². The Hall–Kier alpha value is -0.610. The van der Waals surface area contributed by atoms with Crippen LogP contribution in [-0.2, 0) is 11.3 Å². The summed E-state index contributed by atoms with van der Waals surface area (Å²) in [6.07, 6.45) is 2.41. The number of hydrogen-bond donors (Lipinski definition) is 0. The second-order valence-electron chi connectivity index (χ2n) is 3.26. The maximum absolute atomic E-state index is 11.0. The van der Waals surface area contributed by atoms with Crippen molar-refractivity contribution in [3.8, 4) is 0 Å². The van der Waals surface area contributed by atoms with Gasteiger partial charge in [-0.25, -0.2) is 0 Å². The average molecular weight is 244 g/mol. The van der Waals surface area contributed by atoms with Crippen LogP contribution in [-0.4, -0.2) is 23.8 Å². The molecule has 0 N–H and O–H groups in total. The molecule has 1 saturated heterocycles. The molecule has 1 aliphatic rings. The predicted molar refractivity (Wildman–Crippen MR) is 51.3 cm³/mol. The minimum Gasteiger partial charge on any atom is -0.457 e. The smallest absolute Gasteiger partial charge is 0.169 e. The van der Waals surface area contributed by atoms with Gasteiger partial charge in [0, 0.05) is 25.1 Å². The fourth-order valence-electron chi connectivity index (χ4n) is 1.51. The maximum atomic E-state index is 11.0. The standard InChI is InChI=1S/C9H10BrNO2/c10-9-3-7(6-13-9)4-11-2-1-8(12)5-11/h3,6H,1-2,4-5H2. The van der Waals surface area contributed by atoms with Gasteiger partial charge in [0.1, 0.15) is 5.78 Å². The monoisotopic (exact) mass is 243 g/mol. The van der Waals surface area contributed by atoms with Crippen LogP contribution in [0.1, 0.15) is 12.0 Å². The van der Waals surface area contributed by atoms with Crippen LogP contribution in [0.3, 0.4) is 0 Å². The fourth-order valence-corrected chi connectivity index (χ4v) is 1.90. The number of hydrogen-bond acceptors (Lipinski definition) is 3. The SMILES string of the molecule is O=C1CCN(Cc2coc(Br)c2)C1. The van der Waals surface area contributed by atoms with E-state index in [-0.39, 0.29) is 0 Å². The lowest BCUT2D eigenvalue weighted by molar-refractivity contribution is -0.116. The molecule has 0 radical (unpaired) electrons. The van der Waals surface area contributed by atoms with Gasteiger partial charge in [-0.2, -0.15) is 0 Å². The second-order valence-corrected chi connectivity index (χ2v) is 4.04. The van der Waals surface area contributed by atoms with Crippen molar-refractivity contribution in [3.63, 3.8) is 0 Å². The van der Waals surface area contributed by atoms with Gasteiger partial charge in [0.15, 0.2) is 4.67 Å². The van der Waals surface area contributed by atoms with Crippen molar-refractivity contribution in [3.05, 3.63) is 22.6 Å². The number of halogens is 1. The van der Waals surface area contributed by atoms with Gasteiger partial charge in [-0.3, -0.25) is 9.69 Å². The molecule has 2 heterocycles. The number of rotatable bonds is 2. The summed E-state index contributed by atoms with van der Waals surface area (Å²) >= 11 is 3.24. The van der Waals surface area contributed by atoms with Crippen molar-refractivity contribution in [1.29, 1.82) is 0 Å². The van der Waals surface area contributed by atoms with Crippen molar-refractivity contribution in [2.45, 2.75) is 13.0 Å². The molecule has 0 atom stereocenters. The number of likely N-dealkylation sites (tertiary alicyclic amines) is 1. The molecule has 3 nitrogen and oxygen atoms in total. The van der Waals surface area contributed by atoms with E-state index in [0.717, 1.165) is 23.3 Å². The molecule has 0 bridgehead atoms. The van der Waals surface area contributed by atoms with Gasteiger partial charge in [-0.1, -0.05) is 0 Å². The summed E-state index contributed by atoms with van der Waals surface area (Å²) in [4.78, 5) is 13.1. The molecule has 0 unspecified atom stereocenters. The van der Waals surface area contributed by atoms with Crippen LogP contribution in [0.15, 0.2) is 21.4 Å². The van der Waals surface area contributed by atoms with E-state index in [1.54, 1.807) is 6.26 Å². The summed E-state index contributed by atoms with van der Waals surface area (Å²) in [5, 5.41) is 0. The van der Waals surface area contributed by atoms with Crippen LogP contribution in [0.5, 0.6) is 0 Å². The second kappa shape index (κ2) is 3.64. The van der Waals surface area contributed by atoms with E-state index in [4.69, 9.17) is 4.42 Å². The third-order valence-electron chi connectivity index (χ3n) is 2.13. The van der Waals surface area contributed by atoms with E-state index >= 15 is 0 Å². The van der Waals surface area contributed by atoms with Crippen molar-refractivity contribution in [2.75, 3.05) is 13.1 Å². The summed E-state index contributed by atoms with van der Waals surface area (Å²) < 4.78 is 5.85. The molecule has 0 amide bonds. The van der Waals surface area contributed by atoms with Crippen molar-refractivity contribution >= 4 is 21.7 Å². The number of nitrogens with zero attached hydrogens (tertiary/aromatic N) is 1. The highest BCUT2D eigenvalue weighted by Crippen LogP contribution is 2.17. The van der Waals surface area contributed by atoms with E-state index in [9.17, 15) is 4.79 Å². The predicted octanol–water partition coefficient (Wildman–Crippen LogP) is 1.82. The number of Topliss-reactive ketones (excluding diaryl/α,β-unsaturated/α-hetero) is 1. The lowest BCUT2D eigenvalue weighted by Gasteiger charge is -2.10. The Morgan fingerprint density at radius 2 is 2.46 bits per heavy atom. The molecule has 1 aromatic heterocycles. The van der Waals surface area contributed by atoms with E-state index in [0.29, 0.717) is 18.7 Å². The first-order valence-electron chi connectivity index (χ1n) is 4.21. The van der Waals surface area contributed by atoms with E-state index in [1.807, 2.05) is 6.07 Å². The number of ketones is 1. The van der Waals surface area contributed by atoms with E-state index < -0.39 is 0 Å². The molecule has 1 aromatic rings. The quantitative estimate of drug-likeness (QED) is 0.795. The molecule has 0 spiro atoms. The Bertz CT molecular complexity index is 321. The fraction of sp³-hybridized carbons (Fsp3) is 0.444. The molecule has 4 heteroatoms. The molecule has 0 aliphatic carbocycles. The van der Waals surface area contributed by atoms with Crippen LogP contribution in [0.25, 0.3) is 0 Å². The average Bonchev–Trinajstić information content (AvgIpc) is 2.62. The zero-order chi connectivity index (χ0) is 9.26. The highest BCUT2D eigenvalue weighted by Gasteiger charge is 2.19. The molecular weight excluding hydrogens is 234 g/mol. The molecular formula is C9H10BrNO2. The van der Waals surface area contributed by atoms with Crippen LogP contribution in [0, 0.1) is 0 Å². The van der Waals surface area contributed by atoms with E-state index in [1.165, 1.54) is 0 Å².